The number of aryl methyl sites for hydroxylation is 1. The average molecular weight is 254 g/mol. The van der Waals surface area contributed by atoms with Crippen molar-refractivity contribution in [1.29, 1.82) is 0 Å². The van der Waals surface area contributed by atoms with Crippen LogP contribution in [-0.2, 0) is 11.2 Å². The van der Waals surface area contributed by atoms with Gasteiger partial charge in [-0.1, -0.05) is 6.07 Å². The molecule has 1 aromatic carbocycles. The van der Waals surface area contributed by atoms with Gasteiger partial charge in [0.1, 0.15) is 12.4 Å². The maximum atomic E-state index is 12.8. The van der Waals surface area contributed by atoms with E-state index >= 15 is 0 Å². The Morgan fingerprint density at radius 2 is 2.06 bits per heavy atom. The minimum absolute atomic E-state index is 0.289. The van der Waals surface area contributed by atoms with Gasteiger partial charge in [0.2, 0.25) is 0 Å². The fraction of sp³-hybridized carbons (Fsp3) is 0.333. The van der Waals surface area contributed by atoms with Crippen molar-refractivity contribution in [2.45, 2.75) is 13.3 Å². The highest BCUT2D eigenvalue weighted by atomic mass is 19.1. The number of urea groups is 1. The highest BCUT2D eigenvalue weighted by Crippen LogP contribution is 2.10. The summed E-state index contributed by atoms with van der Waals surface area (Å²) in [4.78, 5) is 21.3. The zero-order valence-electron chi connectivity index (χ0n) is 10.00. The van der Waals surface area contributed by atoms with Crippen LogP contribution < -0.4 is 10.6 Å². The third-order valence-corrected chi connectivity index (χ3v) is 2.38. The number of hydrogen-bond acceptors (Lipinski definition) is 2. The van der Waals surface area contributed by atoms with E-state index in [0.717, 1.165) is 11.1 Å². The molecule has 0 fully saturated rings. The van der Waals surface area contributed by atoms with Crippen molar-refractivity contribution in [2.24, 2.45) is 0 Å². The molecule has 2 amide bonds. The second kappa shape index (κ2) is 6.58. The number of hydrogen-bond donors (Lipinski definition) is 3. The molecular weight excluding hydrogens is 239 g/mol. The van der Waals surface area contributed by atoms with Gasteiger partial charge in [-0.25, -0.2) is 9.18 Å². The Kier molecular flexibility index (Phi) is 5.10. The molecule has 98 valence electrons. The molecule has 5 nitrogen and oxygen atoms in total. The minimum Gasteiger partial charge on any atom is -0.480 e. The topological polar surface area (TPSA) is 78.4 Å². The monoisotopic (exact) mass is 254 g/mol. The fourth-order valence-electron chi connectivity index (χ4n) is 1.47. The Morgan fingerprint density at radius 3 is 2.67 bits per heavy atom. The van der Waals surface area contributed by atoms with Crippen LogP contribution in [0.1, 0.15) is 11.1 Å². The standard InChI is InChI=1S/C12H15FN2O3/c1-8-6-10(13)3-2-9(8)4-5-14-12(18)15-7-11(16)17/h2-3,6H,4-5,7H2,1H3,(H,16,17)(H2,14,15,18). The van der Waals surface area contributed by atoms with Crippen LogP contribution in [0.2, 0.25) is 0 Å². The first-order valence-corrected chi connectivity index (χ1v) is 5.47. The highest BCUT2D eigenvalue weighted by Gasteiger charge is 2.04. The lowest BCUT2D eigenvalue weighted by molar-refractivity contribution is -0.135. The summed E-state index contributed by atoms with van der Waals surface area (Å²) in [6.45, 7) is 1.74. The molecule has 0 radical (unpaired) electrons. The van der Waals surface area contributed by atoms with Crippen LogP contribution in [0.15, 0.2) is 18.2 Å². The number of carbonyl (C=O) groups is 2. The number of carboxylic acid groups (broad SMARTS) is 1. The van der Waals surface area contributed by atoms with Gasteiger partial charge in [0, 0.05) is 6.54 Å². The predicted molar refractivity (Wildman–Crippen MR) is 63.9 cm³/mol. The first kappa shape index (κ1) is 14.0. The predicted octanol–water partition coefficient (Wildman–Crippen LogP) is 1.06. The van der Waals surface area contributed by atoms with Crippen LogP contribution in [-0.4, -0.2) is 30.2 Å². The molecule has 1 rings (SSSR count). The molecule has 0 saturated heterocycles. The van der Waals surface area contributed by atoms with Crippen LogP contribution in [0.25, 0.3) is 0 Å². The van der Waals surface area contributed by atoms with Gasteiger partial charge in [-0.3, -0.25) is 4.79 Å². The molecule has 3 N–H and O–H groups in total. The third-order valence-electron chi connectivity index (χ3n) is 2.38. The Morgan fingerprint density at radius 1 is 1.33 bits per heavy atom. The summed E-state index contributed by atoms with van der Waals surface area (Å²) in [7, 11) is 0. The van der Waals surface area contributed by atoms with Gasteiger partial charge in [-0.2, -0.15) is 0 Å². The van der Waals surface area contributed by atoms with Gasteiger partial charge in [0.15, 0.2) is 0 Å². The first-order valence-electron chi connectivity index (χ1n) is 5.47. The lowest BCUT2D eigenvalue weighted by Gasteiger charge is -2.08. The summed E-state index contributed by atoms with van der Waals surface area (Å²) in [6.07, 6.45) is 0.562. The maximum Gasteiger partial charge on any atom is 0.323 e. The van der Waals surface area contributed by atoms with E-state index in [1.54, 1.807) is 13.0 Å². The van der Waals surface area contributed by atoms with Gasteiger partial charge in [-0.15, -0.1) is 0 Å². The second-order valence-corrected chi connectivity index (χ2v) is 3.82. The van der Waals surface area contributed by atoms with Gasteiger partial charge in [0.25, 0.3) is 0 Å². The molecule has 0 aliphatic carbocycles. The molecule has 0 aromatic heterocycles. The molecule has 1 aromatic rings. The molecule has 0 aliphatic rings. The fourth-order valence-corrected chi connectivity index (χ4v) is 1.47. The molecule has 0 aliphatic heterocycles. The summed E-state index contributed by atoms with van der Waals surface area (Å²) in [5.74, 6) is -1.39. The van der Waals surface area contributed by atoms with Gasteiger partial charge in [0.05, 0.1) is 0 Å². The lowest BCUT2D eigenvalue weighted by atomic mass is 10.1. The van der Waals surface area contributed by atoms with E-state index in [1.807, 2.05) is 0 Å². The number of carbonyl (C=O) groups excluding carboxylic acids is 1. The molecule has 0 spiro atoms. The van der Waals surface area contributed by atoms with E-state index in [9.17, 15) is 14.0 Å². The molecule has 18 heavy (non-hydrogen) atoms. The van der Waals surface area contributed by atoms with Crippen LogP contribution in [0.3, 0.4) is 0 Å². The van der Waals surface area contributed by atoms with E-state index in [-0.39, 0.29) is 5.82 Å². The van der Waals surface area contributed by atoms with Crippen molar-refractivity contribution in [3.63, 3.8) is 0 Å². The van der Waals surface area contributed by atoms with Gasteiger partial charge < -0.3 is 15.7 Å². The van der Waals surface area contributed by atoms with E-state index in [0.29, 0.717) is 13.0 Å². The highest BCUT2D eigenvalue weighted by molar-refractivity contribution is 5.79. The van der Waals surface area contributed by atoms with E-state index in [1.165, 1.54) is 12.1 Å². The van der Waals surface area contributed by atoms with Crippen molar-refractivity contribution in [1.82, 2.24) is 10.6 Å². The molecule has 0 unspecified atom stereocenters. The maximum absolute atomic E-state index is 12.8. The summed E-state index contributed by atoms with van der Waals surface area (Å²) in [5.41, 5.74) is 1.76. The number of rotatable bonds is 5. The third kappa shape index (κ3) is 4.82. The van der Waals surface area contributed by atoms with Crippen LogP contribution >= 0.6 is 0 Å². The first-order chi connectivity index (χ1) is 8.49. The smallest absolute Gasteiger partial charge is 0.323 e. The molecule has 6 heteroatoms. The molecule has 0 bridgehead atoms. The van der Waals surface area contributed by atoms with E-state index in [2.05, 4.69) is 10.6 Å². The van der Waals surface area contributed by atoms with Gasteiger partial charge >= 0.3 is 12.0 Å². The van der Waals surface area contributed by atoms with Crippen LogP contribution in [0.4, 0.5) is 9.18 Å². The molecular formula is C12H15FN2O3. The SMILES string of the molecule is Cc1cc(F)ccc1CCNC(=O)NCC(=O)O. The number of amides is 2. The van der Waals surface area contributed by atoms with Crippen LogP contribution in [0, 0.1) is 12.7 Å². The molecule has 0 atom stereocenters. The average Bonchev–Trinajstić information content (AvgIpc) is 2.29. The zero-order valence-corrected chi connectivity index (χ0v) is 10.00. The number of halogens is 1. The Labute approximate surface area is 104 Å². The Bertz CT molecular complexity index is 449. The number of nitrogens with one attached hydrogen (secondary N) is 2. The lowest BCUT2D eigenvalue weighted by Crippen LogP contribution is -2.39. The summed E-state index contributed by atoms with van der Waals surface area (Å²) in [5, 5.41) is 13.1. The number of aliphatic carboxylic acids is 1. The Hall–Kier alpha value is -2.11. The van der Waals surface area contributed by atoms with Crippen molar-refractivity contribution in [3.05, 3.63) is 35.1 Å². The second-order valence-electron chi connectivity index (χ2n) is 3.82. The molecule has 0 heterocycles. The summed E-state index contributed by atoms with van der Waals surface area (Å²) >= 11 is 0. The van der Waals surface area contributed by atoms with Crippen LogP contribution in [0.5, 0.6) is 0 Å². The summed E-state index contributed by atoms with van der Waals surface area (Å²) in [6, 6.07) is 3.94. The quantitative estimate of drug-likeness (QED) is 0.735. The summed E-state index contributed by atoms with van der Waals surface area (Å²) < 4.78 is 12.8. The van der Waals surface area contributed by atoms with Crippen molar-refractivity contribution >= 4 is 12.0 Å². The molecule has 0 saturated carbocycles. The largest absolute Gasteiger partial charge is 0.480 e. The number of benzene rings is 1. The zero-order chi connectivity index (χ0) is 13.5. The van der Waals surface area contributed by atoms with Crippen molar-refractivity contribution < 1.29 is 19.1 Å². The normalized spacial score (nSPS) is 9.89. The van der Waals surface area contributed by atoms with E-state index in [4.69, 9.17) is 5.11 Å². The Balaban J connectivity index is 2.33. The number of carboxylic acids is 1. The van der Waals surface area contributed by atoms with Crippen molar-refractivity contribution in [2.75, 3.05) is 13.1 Å². The van der Waals surface area contributed by atoms with Crippen molar-refractivity contribution in [3.8, 4) is 0 Å². The minimum atomic E-state index is -1.10. The van der Waals surface area contributed by atoms with E-state index < -0.39 is 18.5 Å². The van der Waals surface area contributed by atoms with Gasteiger partial charge in [-0.05, 0) is 36.6 Å².